The molecule has 0 aromatic carbocycles. The SMILES string of the molecule is O=CCn1c(=O)ccc2ncc(C=CC(=O)O)cc21. The molecule has 2 heterocycles. The first-order valence-electron chi connectivity index (χ1n) is 5.46. The topological polar surface area (TPSA) is 89.3 Å². The van der Waals surface area contributed by atoms with E-state index >= 15 is 0 Å². The van der Waals surface area contributed by atoms with Crippen molar-refractivity contribution in [1.29, 1.82) is 0 Å². The van der Waals surface area contributed by atoms with Gasteiger partial charge in [-0.2, -0.15) is 0 Å². The number of carbonyl (C=O) groups excluding carboxylic acids is 1. The zero-order valence-electron chi connectivity index (χ0n) is 9.81. The van der Waals surface area contributed by atoms with Gasteiger partial charge in [0, 0.05) is 18.3 Å². The van der Waals surface area contributed by atoms with E-state index in [9.17, 15) is 14.4 Å². The number of aldehydes is 1. The van der Waals surface area contributed by atoms with Gasteiger partial charge in [0.15, 0.2) is 0 Å². The molecule has 0 fully saturated rings. The smallest absolute Gasteiger partial charge is 0.328 e. The van der Waals surface area contributed by atoms with Gasteiger partial charge in [-0.15, -0.1) is 0 Å². The van der Waals surface area contributed by atoms with Gasteiger partial charge in [-0.3, -0.25) is 14.3 Å². The van der Waals surface area contributed by atoms with E-state index in [1.807, 2.05) is 0 Å². The summed E-state index contributed by atoms with van der Waals surface area (Å²) in [5.41, 5.74) is 1.29. The quantitative estimate of drug-likeness (QED) is 0.643. The van der Waals surface area contributed by atoms with Crippen LogP contribution in [0.15, 0.2) is 35.3 Å². The molecule has 0 bridgehead atoms. The number of pyridine rings is 2. The van der Waals surface area contributed by atoms with Crippen LogP contribution in [0.25, 0.3) is 17.1 Å². The van der Waals surface area contributed by atoms with Crippen LogP contribution >= 0.6 is 0 Å². The van der Waals surface area contributed by atoms with Crippen molar-refractivity contribution in [3.63, 3.8) is 0 Å². The lowest BCUT2D eigenvalue weighted by Crippen LogP contribution is -2.20. The minimum Gasteiger partial charge on any atom is -0.478 e. The fourth-order valence-corrected chi connectivity index (χ4v) is 1.70. The lowest BCUT2D eigenvalue weighted by Gasteiger charge is -2.06. The van der Waals surface area contributed by atoms with Gasteiger partial charge >= 0.3 is 5.97 Å². The van der Waals surface area contributed by atoms with E-state index in [1.54, 1.807) is 12.1 Å². The number of aliphatic carboxylic acids is 1. The van der Waals surface area contributed by atoms with Gasteiger partial charge in [0.1, 0.15) is 6.29 Å². The van der Waals surface area contributed by atoms with Crippen molar-refractivity contribution >= 4 is 29.4 Å². The van der Waals surface area contributed by atoms with Crippen LogP contribution in [0.2, 0.25) is 0 Å². The third-order valence-corrected chi connectivity index (χ3v) is 2.53. The molecule has 19 heavy (non-hydrogen) atoms. The molecule has 0 aliphatic carbocycles. The van der Waals surface area contributed by atoms with Crippen LogP contribution < -0.4 is 5.56 Å². The molecule has 6 nitrogen and oxygen atoms in total. The lowest BCUT2D eigenvalue weighted by molar-refractivity contribution is -0.131. The number of hydrogen-bond donors (Lipinski definition) is 1. The van der Waals surface area contributed by atoms with E-state index in [-0.39, 0.29) is 12.1 Å². The first-order chi connectivity index (χ1) is 9.11. The molecule has 0 amide bonds. The number of nitrogens with zero attached hydrogens (tertiary/aromatic N) is 2. The Bertz CT molecular complexity index is 731. The van der Waals surface area contributed by atoms with Crippen LogP contribution in [0.5, 0.6) is 0 Å². The number of carbonyl (C=O) groups is 2. The molecule has 2 aromatic heterocycles. The number of hydrogen-bond acceptors (Lipinski definition) is 4. The third-order valence-electron chi connectivity index (χ3n) is 2.53. The number of rotatable bonds is 4. The van der Waals surface area contributed by atoms with Crippen molar-refractivity contribution in [1.82, 2.24) is 9.55 Å². The van der Waals surface area contributed by atoms with Crippen molar-refractivity contribution in [2.75, 3.05) is 0 Å². The third kappa shape index (κ3) is 2.74. The monoisotopic (exact) mass is 258 g/mol. The van der Waals surface area contributed by atoms with E-state index in [1.165, 1.54) is 22.9 Å². The predicted octanol–water partition coefficient (Wildman–Crippen LogP) is 0.693. The summed E-state index contributed by atoms with van der Waals surface area (Å²) in [6.07, 6.45) is 4.48. The van der Waals surface area contributed by atoms with Crippen molar-refractivity contribution < 1.29 is 14.7 Å². The molecule has 0 spiro atoms. The fraction of sp³-hybridized carbons (Fsp3) is 0.0769. The lowest BCUT2D eigenvalue weighted by atomic mass is 10.2. The fourth-order valence-electron chi connectivity index (χ4n) is 1.70. The number of carboxylic acid groups (broad SMARTS) is 1. The van der Waals surface area contributed by atoms with E-state index in [4.69, 9.17) is 5.11 Å². The van der Waals surface area contributed by atoms with Crippen molar-refractivity contribution in [2.24, 2.45) is 0 Å². The Morgan fingerprint density at radius 3 is 2.89 bits per heavy atom. The maximum absolute atomic E-state index is 11.7. The Balaban J connectivity index is 2.62. The zero-order chi connectivity index (χ0) is 13.8. The second-order valence-corrected chi connectivity index (χ2v) is 3.79. The second kappa shape index (κ2) is 5.26. The molecule has 0 aliphatic heterocycles. The summed E-state index contributed by atoms with van der Waals surface area (Å²) in [6.45, 7) is -0.0655. The van der Waals surface area contributed by atoms with Crippen LogP contribution in [0.3, 0.4) is 0 Å². The highest BCUT2D eigenvalue weighted by molar-refractivity contribution is 5.86. The first-order valence-corrected chi connectivity index (χ1v) is 5.46. The van der Waals surface area contributed by atoms with Gasteiger partial charge in [0.2, 0.25) is 0 Å². The predicted molar refractivity (Wildman–Crippen MR) is 68.7 cm³/mol. The average Bonchev–Trinajstić information content (AvgIpc) is 2.39. The maximum atomic E-state index is 11.7. The summed E-state index contributed by atoms with van der Waals surface area (Å²) in [4.78, 5) is 36.8. The zero-order valence-corrected chi connectivity index (χ0v) is 9.81. The first kappa shape index (κ1) is 12.7. The molecule has 0 saturated heterocycles. The molecule has 0 atom stereocenters. The van der Waals surface area contributed by atoms with E-state index in [0.717, 1.165) is 6.08 Å². The second-order valence-electron chi connectivity index (χ2n) is 3.79. The van der Waals surface area contributed by atoms with E-state index in [0.29, 0.717) is 22.9 Å². The van der Waals surface area contributed by atoms with Gasteiger partial charge in [0.05, 0.1) is 17.6 Å². The summed E-state index contributed by atoms with van der Waals surface area (Å²) < 4.78 is 1.29. The Hall–Kier alpha value is -2.76. The highest BCUT2D eigenvalue weighted by Gasteiger charge is 2.04. The number of fused-ring (bicyclic) bond motifs is 1. The number of aromatic nitrogens is 2. The Labute approximate surface area is 107 Å². The Kier molecular flexibility index (Phi) is 3.51. The van der Waals surface area contributed by atoms with Gasteiger partial charge in [0.25, 0.3) is 5.56 Å². The molecular formula is C13H10N2O4. The van der Waals surface area contributed by atoms with Crippen molar-refractivity contribution in [2.45, 2.75) is 6.54 Å². The number of carboxylic acids is 1. The Morgan fingerprint density at radius 2 is 2.21 bits per heavy atom. The van der Waals surface area contributed by atoms with Crippen molar-refractivity contribution in [3.8, 4) is 0 Å². The summed E-state index contributed by atoms with van der Waals surface area (Å²) in [5.74, 6) is -1.07. The van der Waals surface area contributed by atoms with Gasteiger partial charge in [-0.1, -0.05) is 0 Å². The van der Waals surface area contributed by atoms with Gasteiger partial charge in [-0.25, -0.2) is 4.79 Å². The summed E-state index contributed by atoms with van der Waals surface area (Å²) in [6, 6.07) is 4.52. The van der Waals surface area contributed by atoms with Crippen LogP contribution in [0.1, 0.15) is 5.56 Å². The molecule has 0 radical (unpaired) electrons. The molecule has 2 rings (SSSR count). The summed E-state index contributed by atoms with van der Waals surface area (Å²) in [5, 5.41) is 8.56. The standard InChI is InChI=1S/C13H10N2O4/c16-6-5-15-11-7-9(1-4-13(18)19)8-14-10(11)2-3-12(15)17/h1-4,6-8H,5H2,(H,18,19). The summed E-state index contributed by atoms with van der Waals surface area (Å²) in [7, 11) is 0. The van der Waals surface area contributed by atoms with Crippen molar-refractivity contribution in [3.05, 3.63) is 46.4 Å². The molecule has 0 saturated carbocycles. The van der Waals surface area contributed by atoms with Gasteiger partial charge in [-0.05, 0) is 23.8 Å². The normalized spacial score (nSPS) is 10.9. The molecular weight excluding hydrogens is 248 g/mol. The van der Waals surface area contributed by atoms with Gasteiger partial charge < -0.3 is 9.90 Å². The van der Waals surface area contributed by atoms with E-state index < -0.39 is 5.97 Å². The van der Waals surface area contributed by atoms with Crippen LogP contribution in [-0.4, -0.2) is 26.9 Å². The highest BCUT2D eigenvalue weighted by Crippen LogP contribution is 2.12. The molecule has 0 aliphatic rings. The minimum absolute atomic E-state index is 0.0655. The highest BCUT2D eigenvalue weighted by atomic mass is 16.4. The molecule has 0 unspecified atom stereocenters. The largest absolute Gasteiger partial charge is 0.478 e. The molecule has 96 valence electrons. The molecule has 1 N–H and O–H groups in total. The molecule has 6 heteroatoms. The van der Waals surface area contributed by atoms with E-state index in [2.05, 4.69) is 4.98 Å². The minimum atomic E-state index is -1.07. The summed E-state index contributed by atoms with van der Waals surface area (Å²) >= 11 is 0. The average molecular weight is 258 g/mol. The Morgan fingerprint density at radius 1 is 1.42 bits per heavy atom. The van der Waals surface area contributed by atoms with Crippen LogP contribution in [0.4, 0.5) is 0 Å². The molecule has 2 aromatic rings. The van der Waals surface area contributed by atoms with Crippen LogP contribution in [-0.2, 0) is 16.1 Å². The van der Waals surface area contributed by atoms with Crippen LogP contribution in [0, 0.1) is 0 Å². The maximum Gasteiger partial charge on any atom is 0.328 e.